The van der Waals surface area contributed by atoms with Gasteiger partial charge in [0, 0.05) is 0 Å². The van der Waals surface area contributed by atoms with Crippen molar-refractivity contribution >= 4 is 0 Å². The summed E-state index contributed by atoms with van der Waals surface area (Å²) in [5.74, 6) is 1.10. The topological polar surface area (TPSA) is 76.1 Å². The Bertz CT molecular complexity index is 603. The molecule has 0 aliphatic rings. The van der Waals surface area contributed by atoms with Gasteiger partial charge in [-0.2, -0.15) is 0 Å². The van der Waals surface area contributed by atoms with Crippen molar-refractivity contribution in [1.29, 1.82) is 5.39 Å². The van der Waals surface area contributed by atoms with E-state index in [1.165, 1.54) is 0 Å². The number of benzene rings is 1. The summed E-state index contributed by atoms with van der Waals surface area (Å²) in [6, 6.07) is 5.86. The molecule has 0 atom stereocenters. The lowest BCUT2D eigenvalue weighted by Crippen LogP contribution is -1.97. The molecule has 1 N–H and O–H groups in total. The summed E-state index contributed by atoms with van der Waals surface area (Å²) in [5, 5.41) is 17.3. The molecule has 1 rings (SSSR count). The lowest BCUT2D eigenvalue weighted by molar-refractivity contribution is 0.112. The number of rotatable bonds is 9. The molecule has 0 radical (unpaired) electrons. The maximum atomic E-state index is 9.12. The Kier molecular flexibility index (Phi) is 8.08. The van der Waals surface area contributed by atoms with Crippen LogP contribution in [0.15, 0.2) is 42.0 Å². The molecular formula is C17H23N2O4+. The number of methoxy groups -OCH3 is 2. The van der Waals surface area contributed by atoms with Crippen LogP contribution in [0, 0.1) is 5.39 Å². The minimum Gasteiger partial charge on any atom is -0.493 e. The van der Waals surface area contributed by atoms with Gasteiger partial charge < -0.3 is 19.3 Å². The molecular weight excluding hydrogens is 296 g/mol. The number of ether oxygens (including phenoxy) is 3. The van der Waals surface area contributed by atoms with Gasteiger partial charge in [-0.25, -0.2) is 0 Å². The second-order valence-corrected chi connectivity index (χ2v) is 4.95. The van der Waals surface area contributed by atoms with Gasteiger partial charge in [-0.3, -0.25) is 0 Å². The molecule has 0 spiro atoms. The van der Waals surface area contributed by atoms with Crippen LogP contribution < -0.4 is 9.47 Å². The summed E-state index contributed by atoms with van der Waals surface area (Å²) in [7, 11) is 3.27. The van der Waals surface area contributed by atoms with Gasteiger partial charge in [-0.1, -0.05) is 17.7 Å². The zero-order valence-corrected chi connectivity index (χ0v) is 13.8. The van der Waals surface area contributed by atoms with Crippen molar-refractivity contribution in [3.63, 3.8) is 0 Å². The summed E-state index contributed by atoms with van der Waals surface area (Å²) >= 11 is 0. The third-order valence-corrected chi connectivity index (χ3v) is 3.33. The van der Waals surface area contributed by atoms with Gasteiger partial charge in [0.1, 0.15) is 6.61 Å². The second kappa shape index (κ2) is 10.1. The highest BCUT2D eigenvalue weighted by Crippen LogP contribution is 2.31. The molecule has 0 saturated carbocycles. The number of nitrogens with zero attached hydrogens (tertiary/aromatic N) is 2. The average Bonchev–Trinajstić information content (AvgIpc) is 2.54. The summed E-state index contributed by atoms with van der Waals surface area (Å²) in [5.41, 5.74) is 2.27. The largest absolute Gasteiger partial charge is 0.493 e. The Hall–Kier alpha value is -2.68. The second-order valence-electron chi connectivity index (χ2n) is 4.95. The lowest BCUT2D eigenvalue weighted by atomic mass is 10.0. The molecule has 1 aromatic carbocycles. The van der Waals surface area contributed by atoms with Gasteiger partial charge in [0.05, 0.1) is 14.2 Å². The third kappa shape index (κ3) is 6.30. The first-order chi connectivity index (χ1) is 11.1. The van der Waals surface area contributed by atoms with Crippen LogP contribution in [0.4, 0.5) is 0 Å². The van der Waals surface area contributed by atoms with Gasteiger partial charge in [0.25, 0.3) is 0 Å². The van der Waals surface area contributed by atoms with Crippen molar-refractivity contribution in [2.24, 2.45) is 0 Å². The zero-order valence-electron chi connectivity index (χ0n) is 13.8. The number of allylic oxidation sites excluding steroid dienone is 1. The first kappa shape index (κ1) is 18.4. The molecule has 6 nitrogen and oxygen atoms in total. The van der Waals surface area contributed by atoms with Crippen LogP contribution >= 0.6 is 0 Å². The molecule has 0 saturated heterocycles. The molecule has 0 amide bonds. The molecule has 23 heavy (non-hydrogen) atoms. The Labute approximate surface area is 136 Å². The minimum atomic E-state index is -0.419. The highest BCUT2D eigenvalue weighted by Gasteiger charge is 2.08. The summed E-state index contributed by atoms with van der Waals surface area (Å²) < 4.78 is 15.6. The Morgan fingerprint density at radius 1 is 1.30 bits per heavy atom. The Morgan fingerprint density at radius 3 is 2.74 bits per heavy atom. The highest BCUT2D eigenvalue weighted by molar-refractivity contribution is 5.46. The third-order valence-electron chi connectivity index (χ3n) is 3.33. The molecule has 0 aromatic heterocycles. The van der Waals surface area contributed by atoms with Crippen molar-refractivity contribution in [3.05, 3.63) is 52.5 Å². The number of hydrogen-bond donors (Lipinski definition) is 1. The van der Waals surface area contributed by atoms with Crippen LogP contribution in [-0.4, -0.2) is 25.9 Å². The van der Waals surface area contributed by atoms with Gasteiger partial charge in [-0.15, -0.1) is 0 Å². The number of aliphatic hydroxyl groups excluding tert-OH is 1. The van der Waals surface area contributed by atoms with Crippen molar-refractivity contribution in [2.45, 2.75) is 26.2 Å². The summed E-state index contributed by atoms with van der Waals surface area (Å²) in [6.45, 7) is 2.23. The van der Waals surface area contributed by atoms with E-state index in [-0.39, 0.29) is 6.61 Å². The van der Waals surface area contributed by atoms with E-state index in [4.69, 9.17) is 24.7 Å². The molecule has 6 heteroatoms. The van der Waals surface area contributed by atoms with Gasteiger partial charge in [0.2, 0.25) is 5.39 Å². The molecule has 0 aliphatic carbocycles. The molecule has 1 aromatic rings. The van der Waals surface area contributed by atoms with E-state index in [1.54, 1.807) is 14.2 Å². The number of aryl methyl sites for hydroxylation is 1. The van der Waals surface area contributed by atoms with E-state index >= 15 is 0 Å². The predicted octanol–water partition coefficient (Wildman–Crippen LogP) is 4.20. The van der Waals surface area contributed by atoms with Crippen molar-refractivity contribution in [2.75, 3.05) is 20.8 Å². The van der Waals surface area contributed by atoms with Crippen molar-refractivity contribution in [3.8, 4) is 11.5 Å². The Morgan fingerprint density at radius 2 is 2.09 bits per heavy atom. The standard InChI is InChI=1S/C17H22N2O4/c1-13(10-11-23-16(20)12-19-18)6-4-7-14-8-5-9-15(21-2)17(14)22-3/h5,8-10,12H,4,6-7,11H2,1-3H3/p+1/b13-10-,16-12+. The predicted molar refractivity (Wildman–Crippen MR) is 88.0 cm³/mol. The van der Waals surface area contributed by atoms with Crippen molar-refractivity contribution < 1.29 is 19.3 Å². The van der Waals surface area contributed by atoms with E-state index < -0.39 is 5.95 Å². The highest BCUT2D eigenvalue weighted by atomic mass is 16.6. The monoisotopic (exact) mass is 319 g/mol. The number of aliphatic hydroxyl groups is 1. The van der Waals surface area contributed by atoms with Gasteiger partial charge in [0.15, 0.2) is 16.5 Å². The van der Waals surface area contributed by atoms with E-state index in [2.05, 4.69) is 4.98 Å². The average molecular weight is 319 g/mol. The summed E-state index contributed by atoms with van der Waals surface area (Å²) in [4.78, 5) is 2.67. The molecule has 0 heterocycles. The smallest absolute Gasteiger partial charge is 0.429 e. The quantitative estimate of drug-likeness (QED) is 0.419. The van der Waals surface area contributed by atoms with Crippen LogP contribution in [0.5, 0.6) is 11.5 Å². The SMILES string of the molecule is COc1cccc(CCC/C(C)=C\CO/C(O)=C/[N+]#N)c1OC. The maximum Gasteiger partial charge on any atom is 0.429 e. The molecule has 124 valence electrons. The number of hydrogen-bond acceptors (Lipinski definition) is 5. The lowest BCUT2D eigenvalue weighted by Gasteiger charge is -2.12. The fourth-order valence-corrected chi connectivity index (χ4v) is 2.17. The van der Waals surface area contributed by atoms with Gasteiger partial charge >= 0.3 is 12.1 Å². The van der Waals surface area contributed by atoms with E-state index in [0.717, 1.165) is 48.1 Å². The van der Waals surface area contributed by atoms with Gasteiger partial charge in [-0.05, 0) is 43.9 Å². The molecule has 0 bridgehead atoms. The molecule has 0 aliphatic heterocycles. The normalized spacial score (nSPS) is 11.7. The number of diazo groups is 1. The minimum absolute atomic E-state index is 0.228. The summed E-state index contributed by atoms with van der Waals surface area (Å²) in [6.07, 6.45) is 5.45. The van der Waals surface area contributed by atoms with Crippen LogP contribution in [0.1, 0.15) is 25.3 Å². The van der Waals surface area contributed by atoms with Crippen LogP contribution in [0.3, 0.4) is 0 Å². The first-order valence-electron chi connectivity index (χ1n) is 7.34. The van der Waals surface area contributed by atoms with Crippen LogP contribution in [-0.2, 0) is 11.2 Å². The molecule has 0 unspecified atom stereocenters. The maximum absolute atomic E-state index is 9.12. The Balaban J connectivity index is 2.48. The number of para-hydroxylation sites is 1. The fraction of sp³-hybridized carbons (Fsp3) is 0.412. The van der Waals surface area contributed by atoms with Crippen molar-refractivity contribution in [1.82, 2.24) is 0 Å². The molecule has 0 fully saturated rings. The van der Waals surface area contributed by atoms with E-state index in [0.29, 0.717) is 0 Å². The fourth-order valence-electron chi connectivity index (χ4n) is 2.17. The van der Waals surface area contributed by atoms with Crippen LogP contribution in [0.2, 0.25) is 0 Å². The van der Waals surface area contributed by atoms with Crippen LogP contribution in [0.25, 0.3) is 4.98 Å². The first-order valence-corrected chi connectivity index (χ1v) is 7.34. The van der Waals surface area contributed by atoms with E-state index in [9.17, 15) is 0 Å². The zero-order chi connectivity index (χ0) is 17.1. The van der Waals surface area contributed by atoms with E-state index in [1.807, 2.05) is 31.2 Å².